The Balaban J connectivity index is 1.56. The largest absolute Gasteiger partial charge is 0.497 e. The molecule has 1 aliphatic rings. The van der Waals surface area contributed by atoms with Crippen LogP contribution in [0.15, 0.2) is 66.7 Å². The summed E-state index contributed by atoms with van der Waals surface area (Å²) in [6.07, 6.45) is 0. The van der Waals surface area contributed by atoms with Crippen molar-refractivity contribution >= 4 is 52.1 Å². The van der Waals surface area contributed by atoms with Crippen molar-refractivity contribution in [3.05, 3.63) is 87.4 Å². The summed E-state index contributed by atoms with van der Waals surface area (Å²) in [6.45, 7) is 1.58. The predicted octanol–water partition coefficient (Wildman–Crippen LogP) is 6.15. The molecule has 4 rings (SSSR count). The Hall–Kier alpha value is -2.44. The Bertz CT molecular complexity index is 1110. The lowest BCUT2D eigenvalue weighted by Gasteiger charge is -2.30. The van der Waals surface area contributed by atoms with Crippen molar-refractivity contribution in [2.75, 3.05) is 30.5 Å². The Morgan fingerprint density at radius 2 is 1.75 bits per heavy atom. The van der Waals surface area contributed by atoms with E-state index < -0.39 is 0 Å². The first-order valence-corrected chi connectivity index (χ1v) is 11.2. The molecule has 0 spiro atoms. The number of nitrogens with zero attached hydrogens (tertiary/aromatic N) is 2. The van der Waals surface area contributed by atoms with Crippen LogP contribution in [-0.2, 0) is 11.3 Å². The fourth-order valence-electron chi connectivity index (χ4n) is 3.75. The first kappa shape index (κ1) is 22.7. The lowest BCUT2D eigenvalue weighted by Crippen LogP contribution is -2.36. The molecule has 3 aromatic rings. The standard InChI is InChI=1S/C24H22Cl3N3O2/c1-32-21-8-6-20(7-9-21)28-24(31)17-14-29(13-16-3-2-4-18(25)11-16)30(15-17)23-12-19(26)5-10-22(23)27/h2-12,17H,13-15H2,1H3,(H,28,31). The zero-order chi connectivity index (χ0) is 22.7. The number of hydrogen-bond acceptors (Lipinski definition) is 4. The highest BCUT2D eigenvalue weighted by Gasteiger charge is 2.35. The summed E-state index contributed by atoms with van der Waals surface area (Å²) in [5.74, 6) is 0.400. The smallest absolute Gasteiger partial charge is 0.230 e. The van der Waals surface area contributed by atoms with Crippen molar-refractivity contribution < 1.29 is 9.53 Å². The van der Waals surface area contributed by atoms with Gasteiger partial charge in [0, 0.05) is 35.4 Å². The third-order valence-electron chi connectivity index (χ3n) is 5.33. The Kier molecular flexibility index (Phi) is 7.11. The van der Waals surface area contributed by atoms with E-state index >= 15 is 0 Å². The van der Waals surface area contributed by atoms with Gasteiger partial charge in [-0.15, -0.1) is 0 Å². The number of benzene rings is 3. The van der Waals surface area contributed by atoms with Crippen molar-refractivity contribution in [2.45, 2.75) is 6.54 Å². The van der Waals surface area contributed by atoms with Crippen LogP contribution < -0.4 is 15.1 Å². The molecular weight excluding hydrogens is 469 g/mol. The first-order valence-electron chi connectivity index (χ1n) is 10.1. The fourth-order valence-corrected chi connectivity index (χ4v) is 4.34. The highest BCUT2D eigenvalue weighted by Crippen LogP contribution is 2.34. The Labute approximate surface area is 202 Å². The lowest BCUT2D eigenvalue weighted by molar-refractivity contribution is -0.119. The second kappa shape index (κ2) is 10.0. The molecule has 1 amide bonds. The number of methoxy groups -OCH3 is 1. The summed E-state index contributed by atoms with van der Waals surface area (Å²) in [5, 5.41) is 8.94. The maximum atomic E-state index is 13.1. The van der Waals surface area contributed by atoms with Crippen LogP contribution in [-0.4, -0.2) is 31.1 Å². The van der Waals surface area contributed by atoms with Gasteiger partial charge in [-0.05, 0) is 60.2 Å². The Morgan fingerprint density at radius 3 is 2.47 bits per heavy atom. The number of carbonyl (C=O) groups is 1. The quantitative estimate of drug-likeness (QED) is 0.450. The maximum Gasteiger partial charge on any atom is 0.230 e. The molecule has 5 nitrogen and oxygen atoms in total. The van der Waals surface area contributed by atoms with Gasteiger partial charge >= 0.3 is 0 Å². The highest BCUT2D eigenvalue weighted by molar-refractivity contribution is 6.35. The van der Waals surface area contributed by atoms with Crippen molar-refractivity contribution in [2.24, 2.45) is 5.92 Å². The number of halogens is 3. The number of rotatable bonds is 6. The summed E-state index contributed by atoms with van der Waals surface area (Å²) in [7, 11) is 1.61. The number of anilines is 2. The molecule has 1 heterocycles. The van der Waals surface area contributed by atoms with Crippen LogP contribution in [0.3, 0.4) is 0 Å². The molecule has 1 aliphatic heterocycles. The molecule has 0 radical (unpaired) electrons. The molecule has 1 unspecified atom stereocenters. The van der Waals surface area contributed by atoms with E-state index in [2.05, 4.69) is 10.3 Å². The van der Waals surface area contributed by atoms with Gasteiger partial charge < -0.3 is 15.1 Å². The van der Waals surface area contributed by atoms with Gasteiger partial charge in [-0.1, -0.05) is 46.9 Å². The molecule has 32 heavy (non-hydrogen) atoms. The Morgan fingerprint density at radius 1 is 1.00 bits per heavy atom. The number of hydrazine groups is 1. The van der Waals surface area contributed by atoms with Gasteiger partial charge in [-0.3, -0.25) is 4.79 Å². The van der Waals surface area contributed by atoms with Crippen molar-refractivity contribution in [1.29, 1.82) is 0 Å². The summed E-state index contributed by atoms with van der Waals surface area (Å²) >= 11 is 18.9. The van der Waals surface area contributed by atoms with Gasteiger partial charge in [0.1, 0.15) is 5.75 Å². The molecule has 1 fully saturated rings. The third-order valence-corrected chi connectivity index (χ3v) is 6.12. The molecule has 166 valence electrons. The van der Waals surface area contributed by atoms with E-state index in [9.17, 15) is 4.79 Å². The fraction of sp³-hybridized carbons (Fsp3) is 0.208. The maximum absolute atomic E-state index is 13.1. The number of hydrogen-bond donors (Lipinski definition) is 1. The van der Waals surface area contributed by atoms with Crippen LogP contribution >= 0.6 is 34.8 Å². The van der Waals surface area contributed by atoms with E-state index in [0.717, 1.165) is 22.7 Å². The molecule has 0 aromatic heterocycles. The minimum Gasteiger partial charge on any atom is -0.497 e. The molecule has 3 aromatic carbocycles. The normalized spacial score (nSPS) is 16.2. The highest BCUT2D eigenvalue weighted by atomic mass is 35.5. The molecule has 1 atom stereocenters. The van der Waals surface area contributed by atoms with Gasteiger partial charge in [0.2, 0.25) is 5.91 Å². The number of carbonyl (C=O) groups excluding carboxylic acids is 1. The topological polar surface area (TPSA) is 44.8 Å². The van der Waals surface area contributed by atoms with E-state index in [1.54, 1.807) is 19.2 Å². The second-order valence-electron chi connectivity index (χ2n) is 7.57. The van der Waals surface area contributed by atoms with Gasteiger partial charge in [-0.25, -0.2) is 5.01 Å². The van der Waals surface area contributed by atoms with Gasteiger partial charge in [0.15, 0.2) is 0 Å². The summed E-state index contributed by atoms with van der Waals surface area (Å²) in [5.41, 5.74) is 2.52. The van der Waals surface area contributed by atoms with Crippen molar-refractivity contribution in [1.82, 2.24) is 5.01 Å². The van der Waals surface area contributed by atoms with Crippen molar-refractivity contribution in [3.8, 4) is 5.75 Å². The molecule has 1 saturated heterocycles. The van der Waals surface area contributed by atoms with Crippen LogP contribution in [0.4, 0.5) is 11.4 Å². The van der Waals surface area contributed by atoms with Crippen LogP contribution in [0.2, 0.25) is 15.1 Å². The van der Waals surface area contributed by atoms with E-state index in [0.29, 0.717) is 34.7 Å². The van der Waals surface area contributed by atoms with Crippen LogP contribution in [0.25, 0.3) is 0 Å². The first-order chi connectivity index (χ1) is 15.4. The van der Waals surface area contributed by atoms with E-state index in [1.807, 2.05) is 59.6 Å². The average Bonchev–Trinajstić information content (AvgIpc) is 3.19. The zero-order valence-electron chi connectivity index (χ0n) is 17.4. The monoisotopic (exact) mass is 489 g/mol. The van der Waals surface area contributed by atoms with E-state index in [-0.39, 0.29) is 11.8 Å². The average molecular weight is 491 g/mol. The predicted molar refractivity (Wildman–Crippen MR) is 131 cm³/mol. The number of ether oxygens (including phenoxy) is 1. The molecule has 1 N–H and O–H groups in total. The second-order valence-corrected chi connectivity index (χ2v) is 8.85. The minimum atomic E-state index is -0.272. The molecular formula is C24H22Cl3N3O2. The van der Waals surface area contributed by atoms with Gasteiger partial charge in [-0.2, -0.15) is 0 Å². The molecule has 8 heteroatoms. The third kappa shape index (κ3) is 5.30. The van der Waals surface area contributed by atoms with Gasteiger partial charge in [0.25, 0.3) is 0 Å². The summed E-state index contributed by atoms with van der Waals surface area (Å²) in [4.78, 5) is 13.1. The van der Waals surface area contributed by atoms with E-state index in [1.165, 1.54) is 0 Å². The van der Waals surface area contributed by atoms with E-state index in [4.69, 9.17) is 39.5 Å². The zero-order valence-corrected chi connectivity index (χ0v) is 19.7. The molecule has 0 aliphatic carbocycles. The van der Waals surface area contributed by atoms with Crippen LogP contribution in [0.1, 0.15) is 5.56 Å². The number of amides is 1. The van der Waals surface area contributed by atoms with Crippen LogP contribution in [0, 0.1) is 5.92 Å². The number of nitrogens with one attached hydrogen (secondary N) is 1. The van der Waals surface area contributed by atoms with Gasteiger partial charge in [0.05, 0.1) is 23.7 Å². The lowest BCUT2D eigenvalue weighted by atomic mass is 10.1. The summed E-state index contributed by atoms with van der Waals surface area (Å²) in [6, 6.07) is 20.3. The minimum absolute atomic E-state index is 0.0630. The SMILES string of the molecule is COc1ccc(NC(=O)C2CN(Cc3cccc(Cl)c3)N(c3cc(Cl)ccc3Cl)C2)cc1. The summed E-state index contributed by atoms with van der Waals surface area (Å²) < 4.78 is 5.18. The molecule has 0 saturated carbocycles. The molecule has 0 bridgehead atoms. The van der Waals surface area contributed by atoms with Crippen LogP contribution in [0.5, 0.6) is 5.75 Å². The van der Waals surface area contributed by atoms with Crippen molar-refractivity contribution in [3.63, 3.8) is 0 Å².